The predicted molar refractivity (Wildman–Crippen MR) is 70.3 cm³/mol. The fraction of sp³-hybridized carbons (Fsp3) is 0. The third-order valence-corrected chi connectivity index (χ3v) is 3.49. The highest BCUT2D eigenvalue weighted by atomic mass is 32.2. The van der Waals surface area contributed by atoms with Crippen molar-refractivity contribution in [2.45, 2.75) is 5.03 Å². The maximum atomic E-state index is 11.9. The maximum Gasteiger partial charge on any atom is 0.328 e. The summed E-state index contributed by atoms with van der Waals surface area (Å²) in [5, 5.41) is 14.3. The second kappa shape index (κ2) is 5.53. The highest BCUT2D eigenvalue weighted by Gasteiger charge is 2.15. The molecule has 2 rings (SSSR count). The molecule has 104 valence electrons. The topological polar surface area (TPSA) is 125 Å². The highest BCUT2D eigenvalue weighted by Crippen LogP contribution is 2.13. The van der Waals surface area contributed by atoms with Crippen molar-refractivity contribution in [1.29, 1.82) is 0 Å². The third kappa shape index (κ3) is 3.42. The molecule has 0 radical (unpaired) electrons. The van der Waals surface area contributed by atoms with E-state index in [2.05, 4.69) is 19.9 Å². The van der Waals surface area contributed by atoms with Crippen LogP contribution in [0, 0.1) is 0 Å². The fourth-order valence-electron chi connectivity index (χ4n) is 1.36. The summed E-state index contributed by atoms with van der Waals surface area (Å²) in [4.78, 5) is 14.3. The molecule has 9 heteroatoms. The molecule has 2 heterocycles. The van der Waals surface area contributed by atoms with Crippen molar-refractivity contribution >= 4 is 27.9 Å². The Labute approximate surface area is 114 Å². The maximum absolute atomic E-state index is 11.9. The van der Waals surface area contributed by atoms with E-state index < -0.39 is 16.0 Å². The molecule has 0 saturated heterocycles. The highest BCUT2D eigenvalue weighted by molar-refractivity contribution is 7.92. The summed E-state index contributed by atoms with van der Waals surface area (Å²) in [5.41, 5.74) is 0.504. The molecule has 3 N–H and O–H groups in total. The van der Waals surface area contributed by atoms with Crippen molar-refractivity contribution in [3.8, 4) is 0 Å². The lowest BCUT2D eigenvalue weighted by Crippen LogP contribution is -2.14. The molecule has 0 atom stereocenters. The number of aromatic nitrogens is 3. The zero-order chi connectivity index (χ0) is 14.6. The number of hydrogen-bond acceptors (Lipinski definition) is 5. The Kier molecular flexibility index (Phi) is 3.80. The van der Waals surface area contributed by atoms with Crippen LogP contribution in [0.4, 0.5) is 5.82 Å². The number of carboxylic acids is 1. The van der Waals surface area contributed by atoms with Gasteiger partial charge in [0.1, 0.15) is 5.82 Å². The molecule has 0 aliphatic rings. The quantitative estimate of drug-likeness (QED) is 0.697. The van der Waals surface area contributed by atoms with Crippen LogP contribution >= 0.6 is 0 Å². The van der Waals surface area contributed by atoms with Crippen molar-refractivity contribution in [2.24, 2.45) is 0 Å². The van der Waals surface area contributed by atoms with E-state index in [1.807, 2.05) is 0 Å². The largest absolute Gasteiger partial charge is 0.478 e. The monoisotopic (exact) mass is 294 g/mol. The lowest BCUT2D eigenvalue weighted by Gasteiger charge is -2.05. The Bertz CT molecular complexity index is 738. The van der Waals surface area contributed by atoms with E-state index in [1.165, 1.54) is 30.6 Å². The molecule has 0 fully saturated rings. The first-order chi connectivity index (χ1) is 9.47. The minimum Gasteiger partial charge on any atom is -0.478 e. The van der Waals surface area contributed by atoms with Crippen LogP contribution in [0.1, 0.15) is 5.56 Å². The Hall–Kier alpha value is -2.68. The van der Waals surface area contributed by atoms with Crippen LogP contribution in [0.2, 0.25) is 0 Å². The number of carboxylic acid groups (broad SMARTS) is 1. The number of carbonyl (C=O) groups is 1. The van der Waals surface area contributed by atoms with Crippen molar-refractivity contribution in [2.75, 3.05) is 4.72 Å². The van der Waals surface area contributed by atoms with E-state index in [-0.39, 0.29) is 10.8 Å². The van der Waals surface area contributed by atoms with Gasteiger partial charge in [-0.05, 0) is 29.8 Å². The van der Waals surface area contributed by atoms with Gasteiger partial charge < -0.3 is 5.11 Å². The van der Waals surface area contributed by atoms with Gasteiger partial charge in [0, 0.05) is 12.3 Å². The summed E-state index contributed by atoms with van der Waals surface area (Å²) < 4.78 is 26.1. The van der Waals surface area contributed by atoms with Gasteiger partial charge in [-0.15, -0.1) is 0 Å². The van der Waals surface area contributed by atoms with Crippen LogP contribution in [-0.4, -0.2) is 34.7 Å². The number of H-pyrrole nitrogens is 1. The molecule has 0 unspecified atom stereocenters. The molecule has 2 aromatic rings. The van der Waals surface area contributed by atoms with Gasteiger partial charge in [0.2, 0.25) is 0 Å². The lowest BCUT2D eigenvalue weighted by atomic mass is 10.2. The molecule has 0 saturated carbocycles. The number of nitrogens with zero attached hydrogens (tertiary/aromatic N) is 2. The van der Waals surface area contributed by atoms with E-state index in [9.17, 15) is 13.2 Å². The standard InChI is InChI=1S/C11H10N4O4S/c16-11(17)2-1-8-3-5-12-9(7-8)15-20(18,19)10-4-6-13-14-10/h1-7H,(H,12,15)(H,13,14)(H,16,17)/b2-1+. The smallest absolute Gasteiger partial charge is 0.328 e. The average Bonchev–Trinajstić information content (AvgIpc) is 2.91. The second-order valence-electron chi connectivity index (χ2n) is 3.67. The van der Waals surface area contributed by atoms with Gasteiger partial charge in [-0.1, -0.05) is 0 Å². The van der Waals surface area contributed by atoms with Crippen LogP contribution in [0.5, 0.6) is 0 Å². The Morgan fingerprint density at radius 2 is 2.15 bits per heavy atom. The normalized spacial score (nSPS) is 11.6. The number of anilines is 1. The number of hydrogen-bond donors (Lipinski definition) is 3. The minimum atomic E-state index is -3.79. The summed E-state index contributed by atoms with van der Waals surface area (Å²) in [6.07, 6.45) is 4.96. The minimum absolute atomic E-state index is 0.0761. The Balaban J connectivity index is 2.22. The average molecular weight is 294 g/mol. The number of aliphatic carboxylic acids is 1. The summed E-state index contributed by atoms with van der Waals surface area (Å²) in [6, 6.07) is 4.26. The van der Waals surface area contributed by atoms with Gasteiger partial charge in [-0.25, -0.2) is 9.78 Å². The van der Waals surface area contributed by atoms with Crippen molar-refractivity contribution in [1.82, 2.24) is 15.2 Å². The van der Waals surface area contributed by atoms with Crippen LogP contribution in [0.25, 0.3) is 6.08 Å². The van der Waals surface area contributed by atoms with E-state index in [0.717, 1.165) is 6.08 Å². The lowest BCUT2D eigenvalue weighted by molar-refractivity contribution is -0.131. The SMILES string of the molecule is O=C(O)/C=C/c1ccnc(NS(=O)(=O)c2ccn[nH]2)c1. The van der Waals surface area contributed by atoms with E-state index in [1.54, 1.807) is 6.07 Å². The fourth-order valence-corrected chi connectivity index (χ4v) is 2.27. The van der Waals surface area contributed by atoms with Crippen LogP contribution in [-0.2, 0) is 14.8 Å². The van der Waals surface area contributed by atoms with E-state index >= 15 is 0 Å². The van der Waals surface area contributed by atoms with Gasteiger partial charge in [0.25, 0.3) is 10.0 Å². The Morgan fingerprint density at radius 1 is 1.35 bits per heavy atom. The molecular weight excluding hydrogens is 284 g/mol. The summed E-state index contributed by atoms with van der Waals surface area (Å²) in [5.74, 6) is -1.02. The van der Waals surface area contributed by atoms with Crippen molar-refractivity contribution in [3.63, 3.8) is 0 Å². The van der Waals surface area contributed by atoms with Crippen LogP contribution in [0.15, 0.2) is 41.7 Å². The number of rotatable bonds is 5. The molecule has 0 spiro atoms. The van der Waals surface area contributed by atoms with Gasteiger partial charge in [-0.2, -0.15) is 13.5 Å². The molecule has 0 aromatic carbocycles. The van der Waals surface area contributed by atoms with Gasteiger partial charge in [0.15, 0.2) is 5.03 Å². The van der Waals surface area contributed by atoms with Crippen LogP contribution in [0.3, 0.4) is 0 Å². The van der Waals surface area contributed by atoms with Crippen molar-refractivity contribution in [3.05, 3.63) is 42.2 Å². The molecule has 2 aromatic heterocycles. The van der Waals surface area contributed by atoms with E-state index in [0.29, 0.717) is 5.56 Å². The first-order valence-electron chi connectivity index (χ1n) is 5.36. The molecule has 0 aliphatic heterocycles. The molecular formula is C11H10N4O4S. The third-order valence-electron chi connectivity index (χ3n) is 2.21. The van der Waals surface area contributed by atoms with Gasteiger partial charge in [0.05, 0.1) is 6.20 Å². The van der Waals surface area contributed by atoms with Gasteiger partial charge in [-0.3, -0.25) is 9.82 Å². The van der Waals surface area contributed by atoms with Crippen molar-refractivity contribution < 1.29 is 18.3 Å². The predicted octanol–water partition coefficient (Wildman–Crippen LogP) is 0.703. The molecule has 0 aliphatic carbocycles. The zero-order valence-electron chi connectivity index (χ0n) is 10.0. The molecule has 0 bridgehead atoms. The number of nitrogens with one attached hydrogen (secondary N) is 2. The summed E-state index contributed by atoms with van der Waals surface area (Å²) in [7, 11) is -3.79. The molecule has 8 nitrogen and oxygen atoms in total. The summed E-state index contributed by atoms with van der Waals surface area (Å²) in [6.45, 7) is 0. The first kappa shape index (κ1) is 13.7. The van der Waals surface area contributed by atoms with Crippen LogP contribution < -0.4 is 4.72 Å². The number of sulfonamides is 1. The zero-order valence-corrected chi connectivity index (χ0v) is 10.8. The van der Waals surface area contributed by atoms with Gasteiger partial charge >= 0.3 is 5.97 Å². The number of pyridine rings is 1. The summed E-state index contributed by atoms with van der Waals surface area (Å²) >= 11 is 0. The molecule has 0 amide bonds. The Morgan fingerprint density at radius 3 is 2.80 bits per heavy atom. The second-order valence-corrected chi connectivity index (χ2v) is 5.32. The van der Waals surface area contributed by atoms with E-state index in [4.69, 9.17) is 5.11 Å². The molecule has 20 heavy (non-hydrogen) atoms. The number of aromatic amines is 1. The first-order valence-corrected chi connectivity index (χ1v) is 6.85.